The van der Waals surface area contributed by atoms with E-state index in [1.54, 1.807) is 0 Å². The van der Waals surface area contributed by atoms with Crippen LogP contribution < -0.4 is 5.32 Å². The van der Waals surface area contributed by atoms with Crippen LogP contribution in [0, 0.1) is 5.92 Å². The zero-order chi connectivity index (χ0) is 13.8. The van der Waals surface area contributed by atoms with E-state index >= 15 is 0 Å². The maximum absolute atomic E-state index is 5.55. The molecule has 1 saturated heterocycles. The number of guanidine groups is 1. The highest BCUT2D eigenvalue weighted by Crippen LogP contribution is 2.19. The number of benzene rings is 1. The van der Waals surface area contributed by atoms with Crippen LogP contribution in [0.1, 0.15) is 24.4 Å². The smallest absolute Gasteiger partial charge is 0.194 e. The molecule has 1 aromatic rings. The normalized spacial score (nSPS) is 25.9. The van der Waals surface area contributed by atoms with Crippen LogP contribution in [0.25, 0.3) is 0 Å². The van der Waals surface area contributed by atoms with Crippen molar-refractivity contribution in [3.05, 3.63) is 35.9 Å². The van der Waals surface area contributed by atoms with Crippen molar-refractivity contribution < 1.29 is 4.74 Å². The van der Waals surface area contributed by atoms with Gasteiger partial charge < -0.3 is 15.0 Å². The van der Waals surface area contributed by atoms with Gasteiger partial charge in [0.1, 0.15) is 0 Å². The third-order valence-electron chi connectivity index (χ3n) is 4.08. The summed E-state index contributed by atoms with van der Waals surface area (Å²) in [5.41, 5.74) is 1.31. The minimum absolute atomic E-state index is 0.316. The van der Waals surface area contributed by atoms with Gasteiger partial charge in [-0.1, -0.05) is 30.3 Å². The Morgan fingerprint density at radius 3 is 2.95 bits per heavy atom. The van der Waals surface area contributed by atoms with Crippen LogP contribution in [0.4, 0.5) is 0 Å². The first kappa shape index (κ1) is 13.4. The SMILES string of the molecule is CN(CC1CCCOC1)C1=NCC(c2ccccc2)N1. The molecule has 20 heavy (non-hydrogen) atoms. The average molecular weight is 273 g/mol. The number of hydrogen-bond acceptors (Lipinski definition) is 4. The molecule has 0 amide bonds. The highest BCUT2D eigenvalue weighted by Gasteiger charge is 2.23. The molecule has 2 atom stereocenters. The monoisotopic (exact) mass is 273 g/mol. The first-order chi connectivity index (χ1) is 9.83. The molecule has 108 valence electrons. The summed E-state index contributed by atoms with van der Waals surface area (Å²) in [7, 11) is 2.12. The molecular formula is C16H23N3O. The fourth-order valence-corrected chi connectivity index (χ4v) is 2.96. The van der Waals surface area contributed by atoms with Crippen molar-refractivity contribution >= 4 is 5.96 Å². The van der Waals surface area contributed by atoms with Gasteiger partial charge in [0.25, 0.3) is 0 Å². The van der Waals surface area contributed by atoms with Crippen molar-refractivity contribution in [3.8, 4) is 0 Å². The number of nitrogens with zero attached hydrogens (tertiary/aromatic N) is 2. The Labute approximate surface area is 120 Å². The lowest BCUT2D eigenvalue weighted by Gasteiger charge is -2.28. The Bertz CT molecular complexity index is 454. The number of nitrogens with one attached hydrogen (secondary N) is 1. The molecule has 2 aliphatic rings. The van der Waals surface area contributed by atoms with Gasteiger partial charge in [-0.05, 0) is 24.3 Å². The largest absolute Gasteiger partial charge is 0.381 e. The predicted octanol–water partition coefficient (Wildman–Crippen LogP) is 2.05. The Morgan fingerprint density at radius 1 is 1.35 bits per heavy atom. The minimum Gasteiger partial charge on any atom is -0.381 e. The first-order valence-corrected chi connectivity index (χ1v) is 7.48. The van der Waals surface area contributed by atoms with E-state index in [1.165, 1.54) is 18.4 Å². The summed E-state index contributed by atoms with van der Waals surface area (Å²) in [6.45, 7) is 3.66. The van der Waals surface area contributed by atoms with Gasteiger partial charge in [-0.15, -0.1) is 0 Å². The predicted molar refractivity (Wildman–Crippen MR) is 80.8 cm³/mol. The zero-order valence-electron chi connectivity index (χ0n) is 12.1. The molecule has 2 heterocycles. The van der Waals surface area contributed by atoms with Crippen LogP contribution >= 0.6 is 0 Å². The second-order valence-corrected chi connectivity index (χ2v) is 5.74. The van der Waals surface area contributed by atoms with Crippen molar-refractivity contribution in [1.82, 2.24) is 10.2 Å². The zero-order valence-corrected chi connectivity index (χ0v) is 12.1. The number of ether oxygens (including phenoxy) is 1. The molecule has 0 bridgehead atoms. The third-order valence-corrected chi connectivity index (χ3v) is 4.08. The molecule has 4 nitrogen and oxygen atoms in total. The van der Waals surface area contributed by atoms with Gasteiger partial charge >= 0.3 is 0 Å². The van der Waals surface area contributed by atoms with Crippen LogP contribution in [0.3, 0.4) is 0 Å². The van der Waals surface area contributed by atoms with E-state index in [0.717, 1.165) is 32.3 Å². The van der Waals surface area contributed by atoms with E-state index in [2.05, 4.69) is 52.6 Å². The number of aliphatic imine (C=N–C) groups is 1. The fourth-order valence-electron chi connectivity index (χ4n) is 2.96. The highest BCUT2D eigenvalue weighted by molar-refractivity contribution is 5.82. The van der Waals surface area contributed by atoms with Crippen molar-refractivity contribution in [2.75, 3.05) is 33.4 Å². The lowest BCUT2D eigenvalue weighted by molar-refractivity contribution is 0.0483. The minimum atomic E-state index is 0.316. The Balaban J connectivity index is 1.53. The van der Waals surface area contributed by atoms with Gasteiger partial charge in [-0.3, -0.25) is 4.99 Å². The average Bonchev–Trinajstić information content (AvgIpc) is 2.99. The summed E-state index contributed by atoms with van der Waals surface area (Å²) in [5, 5.41) is 3.53. The van der Waals surface area contributed by atoms with Gasteiger partial charge in [0, 0.05) is 20.2 Å². The Kier molecular flexibility index (Phi) is 4.21. The molecule has 1 N–H and O–H groups in total. The summed E-state index contributed by atoms with van der Waals surface area (Å²) >= 11 is 0. The standard InChI is InChI=1S/C16H23N3O/c1-19(11-13-6-5-9-20-12-13)16-17-10-15(18-16)14-7-3-2-4-8-14/h2-4,7-8,13,15H,5-6,9-12H2,1H3,(H,17,18). The second kappa shape index (κ2) is 6.27. The molecule has 2 aliphatic heterocycles. The Hall–Kier alpha value is -1.55. The summed E-state index contributed by atoms with van der Waals surface area (Å²) in [5.74, 6) is 1.65. The number of rotatable bonds is 3. The van der Waals surface area contributed by atoms with Crippen LogP contribution in [0.2, 0.25) is 0 Å². The van der Waals surface area contributed by atoms with Gasteiger partial charge in [0.15, 0.2) is 5.96 Å². The van der Waals surface area contributed by atoms with Gasteiger partial charge in [-0.25, -0.2) is 0 Å². The summed E-state index contributed by atoms with van der Waals surface area (Å²) in [6.07, 6.45) is 2.45. The van der Waals surface area contributed by atoms with E-state index in [0.29, 0.717) is 12.0 Å². The van der Waals surface area contributed by atoms with E-state index in [9.17, 15) is 0 Å². The van der Waals surface area contributed by atoms with Gasteiger partial charge in [0.2, 0.25) is 0 Å². The lowest BCUT2D eigenvalue weighted by Crippen LogP contribution is -2.41. The second-order valence-electron chi connectivity index (χ2n) is 5.74. The van der Waals surface area contributed by atoms with Crippen LogP contribution in [-0.4, -0.2) is 44.2 Å². The van der Waals surface area contributed by atoms with Crippen LogP contribution in [-0.2, 0) is 4.74 Å². The summed E-state index contributed by atoms with van der Waals surface area (Å²) in [4.78, 5) is 6.89. The van der Waals surface area contributed by atoms with E-state index < -0.39 is 0 Å². The summed E-state index contributed by atoms with van der Waals surface area (Å²) in [6, 6.07) is 10.8. The van der Waals surface area contributed by atoms with E-state index in [1.807, 2.05) is 0 Å². The molecule has 0 aliphatic carbocycles. The Morgan fingerprint density at radius 2 is 2.20 bits per heavy atom. The number of hydrogen-bond donors (Lipinski definition) is 1. The summed E-state index contributed by atoms with van der Waals surface area (Å²) < 4.78 is 5.55. The fraction of sp³-hybridized carbons (Fsp3) is 0.562. The van der Waals surface area contributed by atoms with Crippen molar-refractivity contribution in [1.29, 1.82) is 0 Å². The molecule has 0 saturated carbocycles. The molecule has 4 heteroatoms. The van der Waals surface area contributed by atoms with Crippen molar-refractivity contribution in [3.63, 3.8) is 0 Å². The van der Waals surface area contributed by atoms with E-state index in [4.69, 9.17) is 4.74 Å². The lowest BCUT2D eigenvalue weighted by atomic mass is 10.0. The van der Waals surface area contributed by atoms with Crippen LogP contribution in [0.15, 0.2) is 35.3 Å². The van der Waals surface area contributed by atoms with Gasteiger partial charge in [-0.2, -0.15) is 0 Å². The molecule has 0 radical (unpaired) electrons. The van der Waals surface area contributed by atoms with Crippen molar-refractivity contribution in [2.45, 2.75) is 18.9 Å². The molecule has 2 unspecified atom stereocenters. The quantitative estimate of drug-likeness (QED) is 0.915. The maximum Gasteiger partial charge on any atom is 0.194 e. The third kappa shape index (κ3) is 3.12. The molecule has 1 aromatic carbocycles. The molecule has 0 aromatic heterocycles. The van der Waals surface area contributed by atoms with E-state index in [-0.39, 0.29) is 0 Å². The van der Waals surface area contributed by atoms with Crippen molar-refractivity contribution in [2.24, 2.45) is 10.9 Å². The molecule has 0 spiro atoms. The maximum atomic E-state index is 5.55. The molecule has 1 fully saturated rings. The first-order valence-electron chi connectivity index (χ1n) is 7.48. The van der Waals surface area contributed by atoms with Crippen LogP contribution in [0.5, 0.6) is 0 Å². The van der Waals surface area contributed by atoms with Gasteiger partial charge in [0.05, 0.1) is 19.2 Å². The molecule has 3 rings (SSSR count). The molecular weight excluding hydrogens is 250 g/mol. The topological polar surface area (TPSA) is 36.9 Å². The highest BCUT2D eigenvalue weighted by atomic mass is 16.5.